The fourth-order valence-corrected chi connectivity index (χ4v) is 1.91. The fourth-order valence-electron chi connectivity index (χ4n) is 1.58. The quantitative estimate of drug-likeness (QED) is 0.946. The predicted octanol–water partition coefficient (Wildman–Crippen LogP) is 3.14. The van der Waals surface area contributed by atoms with Crippen molar-refractivity contribution in [2.75, 3.05) is 0 Å². The van der Waals surface area contributed by atoms with Gasteiger partial charge in [0.05, 0.1) is 6.54 Å². The van der Waals surface area contributed by atoms with Crippen LogP contribution >= 0.6 is 15.9 Å². The average molecular weight is 298 g/mol. The molecule has 1 N–H and O–H groups in total. The minimum Gasteiger partial charge on any atom is -0.477 e. The number of aromatic carboxylic acids is 1. The van der Waals surface area contributed by atoms with Crippen molar-refractivity contribution in [1.82, 2.24) is 4.57 Å². The maximum Gasteiger partial charge on any atom is 0.352 e. The summed E-state index contributed by atoms with van der Waals surface area (Å²) in [6.45, 7) is 0.202. The summed E-state index contributed by atoms with van der Waals surface area (Å²) in [4.78, 5) is 10.9. The first-order valence-electron chi connectivity index (χ1n) is 4.90. The molecular weight excluding hydrogens is 289 g/mol. The fraction of sp³-hybridized carbons (Fsp3) is 0.0833. The van der Waals surface area contributed by atoms with E-state index in [9.17, 15) is 9.18 Å². The number of halogens is 2. The number of aromatic nitrogens is 1. The van der Waals surface area contributed by atoms with Gasteiger partial charge in [-0.25, -0.2) is 9.18 Å². The van der Waals surface area contributed by atoms with Crippen LogP contribution in [0.25, 0.3) is 0 Å². The molecule has 0 aliphatic rings. The number of rotatable bonds is 3. The van der Waals surface area contributed by atoms with Gasteiger partial charge in [0.15, 0.2) is 0 Å². The molecule has 0 radical (unpaired) electrons. The molecule has 88 valence electrons. The lowest BCUT2D eigenvalue weighted by Crippen LogP contribution is -2.09. The predicted molar refractivity (Wildman–Crippen MR) is 64.6 cm³/mol. The molecule has 0 unspecified atom stereocenters. The molecule has 0 saturated heterocycles. The third kappa shape index (κ3) is 2.55. The van der Waals surface area contributed by atoms with E-state index in [0.717, 1.165) is 0 Å². The summed E-state index contributed by atoms with van der Waals surface area (Å²) in [5, 5.41) is 8.92. The van der Waals surface area contributed by atoms with E-state index in [1.165, 1.54) is 16.7 Å². The van der Waals surface area contributed by atoms with Crippen molar-refractivity contribution < 1.29 is 14.3 Å². The molecule has 17 heavy (non-hydrogen) atoms. The minimum atomic E-state index is -1.02. The second kappa shape index (κ2) is 4.71. The number of nitrogens with zero attached hydrogens (tertiary/aromatic N) is 1. The molecule has 0 amide bonds. The summed E-state index contributed by atoms with van der Waals surface area (Å²) < 4.78 is 15.7. The zero-order valence-electron chi connectivity index (χ0n) is 8.73. The van der Waals surface area contributed by atoms with E-state index in [2.05, 4.69) is 15.9 Å². The van der Waals surface area contributed by atoms with Crippen molar-refractivity contribution in [2.24, 2.45) is 0 Å². The molecule has 0 saturated carbocycles. The Labute approximate surface area is 106 Å². The molecular formula is C12H9BrFNO2. The molecule has 2 rings (SSSR count). The molecule has 0 atom stereocenters. The second-order valence-corrected chi connectivity index (χ2v) is 4.48. The van der Waals surface area contributed by atoms with E-state index >= 15 is 0 Å². The highest BCUT2D eigenvalue weighted by Gasteiger charge is 2.10. The highest BCUT2D eigenvalue weighted by atomic mass is 79.9. The molecule has 1 aromatic carbocycles. The Morgan fingerprint density at radius 1 is 1.41 bits per heavy atom. The van der Waals surface area contributed by atoms with Crippen LogP contribution in [0.1, 0.15) is 16.1 Å². The normalized spacial score (nSPS) is 10.5. The van der Waals surface area contributed by atoms with E-state index in [-0.39, 0.29) is 18.1 Å². The Morgan fingerprint density at radius 3 is 2.82 bits per heavy atom. The van der Waals surface area contributed by atoms with Gasteiger partial charge in [0.1, 0.15) is 11.5 Å². The second-order valence-electron chi connectivity index (χ2n) is 3.56. The van der Waals surface area contributed by atoms with Gasteiger partial charge in [-0.1, -0.05) is 22.0 Å². The van der Waals surface area contributed by atoms with Gasteiger partial charge in [0.25, 0.3) is 0 Å². The van der Waals surface area contributed by atoms with Crippen LogP contribution < -0.4 is 0 Å². The average Bonchev–Trinajstić information content (AvgIpc) is 2.70. The number of hydrogen-bond acceptors (Lipinski definition) is 1. The van der Waals surface area contributed by atoms with Gasteiger partial charge in [-0.2, -0.15) is 0 Å². The van der Waals surface area contributed by atoms with Crippen LogP contribution in [0.15, 0.2) is 41.0 Å². The summed E-state index contributed by atoms with van der Waals surface area (Å²) in [6, 6.07) is 7.83. The Bertz CT molecular complexity index is 565. The topological polar surface area (TPSA) is 42.2 Å². The SMILES string of the molecule is O=C(O)c1cccn1Cc1ccc(Br)cc1F. The van der Waals surface area contributed by atoms with Gasteiger partial charge in [-0.3, -0.25) is 0 Å². The zero-order chi connectivity index (χ0) is 12.4. The monoisotopic (exact) mass is 297 g/mol. The van der Waals surface area contributed by atoms with E-state index in [1.807, 2.05) is 0 Å². The molecule has 5 heteroatoms. The summed E-state index contributed by atoms with van der Waals surface area (Å²) in [6.07, 6.45) is 1.62. The highest BCUT2D eigenvalue weighted by molar-refractivity contribution is 9.10. The van der Waals surface area contributed by atoms with Crippen molar-refractivity contribution in [2.45, 2.75) is 6.54 Å². The molecule has 0 fully saturated rings. The van der Waals surface area contributed by atoms with Gasteiger partial charge in [-0.15, -0.1) is 0 Å². The van der Waals surface area contributed by atoms with Crippen LogP contribution in [0.5, 0.6) is 0 Å². The number of hydrogen-bond donors (Lipinski definition) is 1. The highest BCUT2D eigenvalue weighted by Crippen LogP contribution is 2.17. The Balaban J connectivity index is 2.31. The molecule has 0 spiro atoms. The van der Waals surface area contributed by atoms with Crippen molar-refractivity contribution in [3.05, 3.63) is 58.1 Å². The van der Waals surface area contributed by atoms with Crippen LogP contribution in [0.3, 0.4) is 0 Å². The molecule has 3 nitrogen and oxygen atoms in total. The van der Waals surface area contributed by atoms with Crippen molar-refractivity contribution in [1.29, 1.82) is 0 Å². The van der Waals surface area contributed by atoms with Crippen LogP contribution in [-0.2, 0) is 6.54 Å². The number of benzene rings is 1. The Kier molecular flexibility index (Phi) is 3.28. The molecule has 0 bridgehead atoms. The first-order valence-corrected chi connectivity index (χ1v) is 5.69. The molecule has 1 heterocycles. The van der Waals surface area contributed by atoms with Crippen LogP contribution in [0, 0.1) is 5.82 Å². The van der Waals surface area contributed by atoms with Crippen LogP contribution in [-0.4, -0.2) is 15.6 Å². The smallest absolute Gasteiger partial charge is 0.352 e. The third-order valence-electron chi connectivity index (χ3n) is 2.40. The first kappa shape index (κ1) is 11.9. The Morgan fingerprint density at radius 2 is 2.18 bits per heavy atom. The standard InChI is InChI=1S/C12H9BrFNO2/c13-9-4-3-8(10(14)6-9)7-15-5-1-2-11(15)12(16)17/h1-6H,7H2,(H,16,17). The lowest BCUT2D eigenvalue weighted by Gasteiger charge is -2.07. The first-order chi connectivity index (χ1) is 8.08. The van der Waals surface area contributed by atoms with Crippen LogP contribution in [0.2, 0.25) is 0 Å². The largest absolute Gasteiger partial charge is 0.477 e. The third-order valence-corrected chi connectivity index (χ3v) is 2.90. The van der Waals surface area contributed by atoms with Crippen molar-refractivity contribution in [3.8, 4) is 0 Å². The molecule has 0 aliphatic heterocycles. The zero-order valence-corrected chi connectivity index (χ0v) is 10.3. The maximum absolute atomic E-state index is 13.6. The summed E-state index contributed by atoms with van der Waals surface area (Å²) in [5.41, 5.74) is 0.596. The molecule has 0 aliphatic carbocycles. The maximum atomic E-state index is 13.6. The summed E-state index contributed by atoms with van der Waals surface area (Å²) >= 11 is 3.17. The van der Waals surface area contributed by atoms with E-state index in [4.69, 9.17) is 5.11 Å². The number of carbonyl (C=O) groups is 1. The van der Waals surface area contributed by atoms with Gasteiger partial charge in [0, 0.05) is 16.2 Å². The Hall–Kier alpha value is -1.62. The lowest BCUT2D eigenvalue weighted by atomic mass is 10.2. The van der Waals surface area contributed by atoms with E-state index < -0.39 is 5.97 Å². The summed E-state index contributed by atoms with van der Waals surface area (Å²) in [7, 11) is 0. The molecule has 2 aromatic rings. The number of carboxylic acid groups (broad SMARTS) is 1. The van der Waals surface area contributed by atoms with Crippen LogP contribution in [0.4, 0.5) is 4.39 Å². The molecule has 1 aromatic heterocycles. The summed E-state index contributed by atoms with van der Waals surface area (Å²) in [5.74, 6) is -1.38. The van der Waals surface area contributed by atoms with Gasteiger partial charge < -0.3 is 9.67 Å². The minimum absolute atomic E-state index is 0.146. The van der Waals surface area contributed by atoms with E-state index in [1.54, 1.807) is 24.4 Å². The van der Waals surface area contributed by atoms with E-state index in [0.29, 0.717) is 10.0 Å². The van der Waals surface area contributed by atoms with Gasteiger partial charge in [0.2, 0.25) is 0 Å². The van der Waals surface area contributed by atoms with Gasteiger partial charge in [-0.05, 0) is 24.3 Å². The van der Waals surface area contributed by atoms with Crippen molar-refractivity contribution >= 4 is 21.9 Å². The lowest BCUT2D eigenvalue weighted by molar-refractivity contribution is 0.0685. The number of carboxylic acids is 1. The van der Waals surface area contributed by atoms with Gasteiger partial charge >= 0.3 is 5.97 Å². The van der Waals surface area contributed by atoms with Crippen molar-refractivity contribution in [3.63, 3.8) is 0 Å².